The van der Waals surface area contributed by atoms with Gasteiger partial charge in [-0.3, -0.25) is 14.4 Å². The molecule has 37 heavy (non-hydrogen) atoms. The molecular weight excluding hydrogens is 500 g/mol. The maximum Gasteiger partial charge on any atom is 0.328 e. The molecule has 2 aromatic rings. The Morgan fingerprint density at radius 3 is 2.49 bits per heavy atom. The molecule has 0 bridgehead atoms. The second-order valence-electron chi connectivity index (χ2n) is 10.5. The van der Waals surface area contributed by atoms with Crippen LogP contribution in [0, 0.1) is 11.3 Å². The van der Waals surface area contributed by atoms with E-state index in [4.69, 9.17) is 21.1 Å². The molecule has 0 spiro atoms. The van der Waals surface area contributed by atoms with Crippen LogP contribution in [0.5, 0.6) is 5.75 Å². The summed E-state index contributed by atoms with van der Waals surface area (Å²) >= 11 is 6.14. The lowest BCUT2D eigenvalue weighted by Crippen LogP contribution is -2.54. The van der Waals surface area contributed by atoms with E-state index in [9.17, 15) is 19.2 Å². The monoisotopic (exact) mass is 534 g/mol. The molecule has 3 atom stereocenters. The highest BCUT2D eigenvalue weighted by atomic mass is 35.5. The van der Waals surface area contributed by atoms with Crippen LogP contribution in [0.2, 0.25) is 5.02 Å². The summed E-state index contributed by atoms with van der Waals surface area (Å²) in [6.07, 6.45) is 1.83. The number of benzene rings is 1. The number of rotatable bonds is 9. The predicted molar refractivity (Wildman–Crippen MR) is 139 cm³/mol. The molecular formula is C26H35ClN4O6. The lowest BCUT2D eigenvalue weighted by Gasteiger charge is -2.29. The van der Waals surface area contributed by atoms with Crippen molar-refractivity contribution in [3.8, 4) is 5.75 Å². The molecule has 0 aliphatic carbocycles. The molecule has 1 saturated heterocycles. The number of nitrogens with one attached hydrogen (secondary N) is 4. The number of halogens is 1. The average Bonchev–Trinajstić information content (AvgIpc) is 3.26. The Balaban J connectivity index is 1.81. The van der Waals surface area contributed by atoms with Crippen LogP contribution >= 0.6 is 11.6 Å². The van der Waals surface area contributed by atoms with Crippen LogP contribution in [0.4, 0.5) is 0 Å². The zero-order valence-electron chi connectivity index (χ0n) is 21.8. The van der Waals surface area contributed by atoms with Crippen molar-refractivity contribution in [2.24, 2.45) is 11.3 Å². The van der Waals surface area contributed by atoms with E-state index in [2.05, 4.69) is 20.9 Å². The number of methoxy groups -OCH3 is 2. The number of carbonyl (C=O) groups excluding carboxylic acids is 4. The van der Waals surface area contributed by atoms with E-state index >= 15 is 0 Å². The number of hydrogen-bond acceptors (Lipinski definition) is 6. The van der Waals surface area contributed by atoms with Crippen molar-refractivity contribution >= 4 is 46.2 Å². The Morgan fingerprint density at radius 1 is 1.14 bits per heavy atom. The van der Waals surface area contributed by atoms with Crippen molar-refractivity contribution in [2.75, 3.05) is 20.8 Å². The van der Waals surface area contributed by atoms with Crippen molar-refractivity contribution in [3.05, 3.63) is 28.9 Å². The highest BCUT2D eigenvalue weighted by molar-refractivity contribution is 6.31. The molecule has 0 saturated carbocycles. The predicted octanol–water partition coefficient (Wildman–Crippen LogP) is 2.94. The molecule has 1 aromatic carbocycles. The van der Waals surface area contributed by atoms with Crippen LogP contribution in [0.1, 0.15) is 56.9 Å². The number of aromatic nitrogens is 1. The summed E-state index contributed by atoms with van der Waals surface area (Å²) in [5.74, 6) is -1.74. The topological polar surface area (TPSA) is 139 Å². The van der Waals surface area contributed by atoms with Crippen LogP contribution in [0.3, 0.4) is 0 Å². The molecule has 3 unspecified atom stereocenters. The van der Waals surface area contributed by atoms with Gasteiger partial charge in [0.1, 0.15) is 23.5 Å². The van der Waals surface area contributed by atoms with Crippen molar-refractivity contribution in [1.29, 1.82) is 0 Å². The molecule has 1 fully saturated rings. The number of fused-ring (bicyclic) bond motifs is 1. The van der Waals surface area contributed by atoms with Gasteiger partial charge in [-0.25, -0.2) is 4.79 Å². The first-order valence-electron chi connectivity index (χ1n) is 12.2. The standard InChI is InChI=1S/C26H35ClN4O6/c1-26(2,3)13-20(24(34)30-19(25(35)37-5)9-14-7-6-8-28-22(14)32)31-23(33)18-12-16-17(29-18)10-15(27)11-21(16)36-4/h10-12,14,19-20,29H,6-9,13H2,1-5H3,(H,28,32)(H,30,34)(H,31,33). The second kappa shape index (κ2) is 11.9. The summed E-state index contributed by atoms with van der Waals surface area (Å²) in [4.78, 5) is 54.3. The van der Waals surface area contributed by atoms with Gasteiger partial charge in [0.25, 0.3) is 5.91 Å². The van der Waals surface area contributed by atoms with Crippen LogP contribution < -0.4 is 20.7 Å². The Bertz CT molecular complexity index is 1170. The third-order valence-corrected chi connectivity index (χ3v) is 6.51. The zero-order chi connectivity index (χ0) is 27.3. The van der Waals surface area contributed by atoms with Gasteiger partial charge in [0.15, 0.2) is 0 Å². The largest absolute Gasteiger partial charge is 0.496 e. The van der Waals surface area contributed by atoms with Crippen molar-refractivity contribution < 1.29 is 28.7 Å². The van der Waals surface area contributed by atoms with Crippen LogP contribution in [-0.4, -0.2) is 61.5 Å². The normalized spacial score (nSPS) is 17.5. The lowest BCUT2D eigenvalue weighted by atomic mass is 9.87. The highest BCUT2D eigenvalue weighted by Crippen LogP contribution is 2.30. The Kier molecular flexibility index (Phi) is 9.07. The molecule has 4 N–H and O–H groups in total. The molecule has 202 valence electrons. The number of aromatic amines is 1. The van der Waals surface area contributed by atoms with E-state index in [1.54, 1.807) is 18.2 Å². The van der Waals surface area contributed by atoms with E-state index in [-0.39, 0.29) is 23.4 Å². The second-order valence-corrected chi connectivity index (χ2v) is 10.9. The maximum absolute atomic E-state index is 13.4. The Hall–Kier alpha value is -3.27. The number of ether oxygens (including phenoxy) is 2. The maximum atomic E-state index is 13.4. The first kappa shape index (κ1) is 28.3. The summed E-state index contributed by atoms with van der Waals surface area (Å²) < 4.78 is 10.2. The number of carbonyl (C=O) groups is 4. The number of esters is 1. The minimum atomic E-state index is -1.02. The fourth-order valence-electron chi connectivity index (χ4n) is 4.49. The first-order valence-corrected chi connectivity index (χ1v) is 12.6. The number of H-pyrrole nitrogens is 1. The van der Waals surface area contributed by atoms with Gasteiger partial charge in [0, 0.05) is 22.9 Å². The Labute approximate surface area is 221 Å². The number of hydrogen-bond donors (Lipinski definition) is 4. The van der Waals surface area contributed by atoms with E-state index in [0.29, 0.717) is 41.1 Å². The molecule has 3 amide bonds. The zero-order valence-corrected chi connectivity index (χ0v) is 22.6. The van der Waals surface area contributed by atoms with Crippen LogP contribution in [-0.2, 0) is 19.1 Å². The van der Waals surface area contributed by atoms with E-state index in [0.717, 1.165) is 6.42 Å². The number of piperidine rings is 1. The minimum absolute atomic E-state index is 0.114. The lowest BCUT2D eigenvalue weighted by molar-refractivity contribution is -0.146. The molecule has 10 nitrogen and oxygen atoms in total. The summed E-state index contributed by atoms with van der Waals surface area (Å²) in [5, 5.41) is 9.41. The first-order chi connectivity index (χ1) is 17.4. The van der Waals surface area contributed by atoms with Gasteiger partial charge < -0.3 is 30.4 Å². The van der Waals surface area contributed by atoms with E-state index in [1.165, 1.54) is 14.2 Å². The molecule has 2 heterocycles. The van der Waals surface area contributed by atoms with Crippen molar-refractivity contribution in [2.45, 2.75) is 58.5 Å². The SMILES string of the molecule is COC(=O)C(CC1CCCNC1=O)NC(=O)C(CC(C)(C)C)NC(=O)c1cc2c(OC)cc(Cl)cc2[nH]1. The van der Waals surface area contributed by atoms with Crippen LogP contribution in [0.15, 0.2) is 18.2 Å². The van der Waals surface area contributed by atoms with Gasteiger partial charge in [0.05, 0.1) is 19.7 Å². The van der Waals surface area contributed by atoms with Crippen molar-refractivity contribution in [1.82, 2.24) is 20.9 Å². The Morgan fingerprint density at radius 2 is 1.86 bits per heavy atom. The fourth-order valence-corrected chi connectivity index (χ4v) is 4.70. The molecule has 1 aliphatic rings. The van der Waals surface area contributed by atoms with Gasteiger partial charge in [-0.15, -0.1) is 0 Å². The summed E-state index contributed by atoms with van der Waals surface area (Å²) in [5.41, 5.74) is 0.518. The summed E-state index contributed by atoms with van der Waals surface area (Å²) in [6.45, 7) is 6.42. The fraction of sp³-hybridized carbons (Fsp3) is 0.538. The minimum Gasteiger partial charge on any atom is -0.496 e. The van der Waals surface area contributed by atoms with Crippen LogP contribution in [0.25, 0.3) is 10.9 Å². The van der Waals surface area contributed by atoms with E-state index in [1.807, 2.05) is 20.8 Å². The molecule has 1 aliphatic heterocycles. The van der Waals surface area contributed by atoms with Gasteiger partial charge in [0.2, 0.25) is 11.8 Å². The smallest absolute Gasteiger partial charge is 0.328 e. The van der Waals surface area contributed by atoms with E-state index < -0.39 is 35.8 Å². The molecule has 0 radical (unpaired) electrons. The number of amides is 3. The summed E-state index contributed by atoms with van der Waals surface area (Å²) in [6, 6.07) is 2.99. The van der Waals surface area contributed by atoms with Gasteiger partial charge in [-0.05, 0) is 49.3 Å². The van der Waals surface area contributed by atoms with Gasteiger partial charge in [-0.1, -0.05) is 32.4 Å². The molecule has 11 heteroatoms. The highest BCUT2D eigenvalue weighted by Gasteiger charge is 2.34. The molecule has 3 rings (SSSR count). The quantitative estimate of drug-likeness (QED) is 0.365. The third kappa shape index (κ3) is 7.38. The summed E-state index contributed by atoms with van der Waals surface area (Å²) in [7, 11) is 2.74. The average molecular weight is 535 g/mol. The van der Waals surface area contributed by atoms with Gasteiger partial charge in [-0.2, -0.15) is 0 Å². The van der Waals surface area contributed by atoms with Crippen molar-refractivity contribution in [3.63, 3.8) is 0 Å². The molecule has 1 aromatic heterocycles. The third-order valence-electron chi connectivity index (χ3n) is 6.29. The van der Waals surface area contributed by atoms with Gasteiger partial charge >= 0.3 is 5.97 Å².